The highest BCUT2D eigenvalue weighted by Gasteiger charge is 2.41. The average molecular weight is 764 g/mol. The molecule has 1 aliphatic carbocycles. The third-order valence-corrected chi connectivity index (χ3v) is 12.0. The molecule has 0 saturated heterocycles. The first-order chi connectivity index (χ1) is 26.5. The van der Waals surface area contributed by atoms with Crippen molar-refractivity contribution in [1.82, 2.24) is 4.90 Å². The van der Waals surface area contributed by atoms with E-state index in [4.69, 9.17) is 9.47 Å². The Hall–Kier alpha value is -1.14. The number of carbonyl (C=O) groups is 2. The van der Waals surface area contributed by atoms with Crippen LogP contribution >= 0.6 is 0 Å². The van der Waals surface area contributed by atoms with E-state index in [-0.39, 0.29) is 24.6 Å². The highest BCUT2D eigenvalue weighted by molar-refractivity contribution is 5.69. The van der Waals surface area contributed by atoms with Crippen molar-refractivity contribution in [1.29, 1.82) is 0 Å². The van der Waals surface area contributed by atoms with Crippen LogP contribution in [0, 0.1) is 5.41 Å². The number of carbonyl (C=O) groups excluding carboxylic acids is 2. The minimum atomic E-state index is -0.0179. The predicted octanol–water partition coefficient (Wildman–Crippen LogP) is 13.8. The molecule has 6 heteroatoms. The third kappa shape index (κ3) is 32.0. The molecule has 0 radical (unpaired) electrons. The quantitative estimate of drug-likeness (QED) is 0.0492. The number of unbranched alkanes of at least 4 members (excludes halogenated alkanes) is 21. The summed E-state index contributed by atoms with van der Waals surface area (Å²) >= 11 is 0. The fourth-order valence-electron chi connectivity index (χ4n) is 8.13. The summed E-state index contributed by atoms with van der Waals surface area (Å²) < 4.78 is 11.6. The molecule has 0 atom stereocenters. The summed E-state index contributed by atoms with van der Waals surface area (Å²) in [6.45, 7) is 11.0. The first-order valence-corrected chi connectivity index (χ1v) is 24.2. The van der Waals surface area contributed by atoms with Crippen LogP contribution in [0.4, 0.5) is 0 Å². The molecule has 6 nitrogen and oxygen atoms in total. The van der Waals surface area contributed by atoms with Crippen LogP contribution in [-0.2, 0) is 19.1 Å². The van der Waals surface area contributed by atoms with Crippen molar-refractivity contribution in [3.8, 4) is 0 Å². The van der Waals surface area contributed by atoms with E-state index in [9.17, 15) is 14.7 Å². The van der Waals surface area contributed by atoms with Crippen molar-refractivity contribution in [3.63, 3.8) is 0 Å². The van der Waals surface area contributed by atoms with Crippen LogP contribution in [0.2, 0.25) is 0 Å². The van der Waals surface area contributed by atoms with Gasteiger partial charge in [-0.2, -0.15) is 0 Å². The summed E-state index contributed by atoms with van der Waals surface area (Å²) in [6, 6.07) is 0. The number of rotatable bonds is 43. The molecule has 0 aromatic heterocycles. The van der Waals surface area contributed by atoms with E-state index in [1.165, 1.54) is 167 Å². The van der Waals surface area contributed by atoms with Gasteiger partial charge in [0.25, 0.3) is 0 Å². The second kappa shape index (κ2) is 37.4. The van der Waals surface area contributed by atoms with E-state index >= 15 is 0 Å². The van der Waals surface area contributed by atoms with Gasteiger partial charge >= 0.3 is 11.9 Å². The van der Waals surface area contributed by atoms with Gasteiger partial charge in [-0.1, -0.05) is 143 Å². The highest BCUT2D eigenvalue weighted by Crippen LogP contribution is 2.53. The number of hydrogen-bond donors (Lipinski definition) is 1. The van der Waals surface area contributed by atoms with E-state index in [1.54, 1.807) is 0 Å². The molecule has 0 heterocycles. The number of hydrogen-bond acceptors (Lipinski definition) is 6. The molecular formula is C48H93NO5. The van der Waals surface area contributed by atoms with Gasteiger partial charge < -0.3 is 19.5 Å². The molecule has 0 aromatic carbocycles. The van der Waals surface area contributed by atoms with Crippen LogP contribution in [0.1, 0.15) is 252 Å². The van der Waals surface area contributed by atoms with Gasteiger partial charge in [0.2, 0.25) is 0 Å². The lowest BCUT2D eigenvalue weighted by Gasteiger charge is -2.24. The van der Waals surface area contributed by atoms with Crippen LogP contribution < -0.4 is 0 Å². The molecule has 0 spiro atoms. The average Bonchev–Trinajstić information content (AvgIpc) is 3.94. The highest BCUT2D eigenvalue weighted by atomic mass is 16.5. The number of nitrogens with zero attached hydrogens (tertiary/aromatic N) is 1. The zero-order valence-corrected chi connectivity index (χ0v) is 36.6. The van der Waals surface area contributed by atoms with Crippen LogP contribution in [0.25, 0.3) is 0 Å². The summed E-state index contributed by atoms with van der Waals surface area (Å²) in [7, 11) is 0. The first kappa shape index (κ1) is 50.9. The van der Waals surface area contributed by atoms with Gasteiger partial charge in [-0.3, -0.25) is 9.59 Å². The van der Waals surface area contributed by atoms with Gasteiger partial charge in [0, 0.05) is 19.4 Å². The number of aliphatic hydroxyl groups excluding tert-OH is 1. The Morgan fingerprint density at radius 1 is 0.519 bits per heavy atom. The minimum Gasteiger partial charge on any atom is -0.466 e. The van der Waals surface area contributed by atoms with Crippen molar-refractivity contribution >= 4 is 11.9 Å². The Morgan fingerprint density at radius 3 is 1.52 bits per heavy atom. The fourth-order valence-corrected chi connectivity index (χ4v) is 8.13. The molecule has 1 saturated carbocycles. The lowest BCUT2D eigenvalue weighted by Crippen LogP contribution is -2.28. The molecule has 320 valence electrons. The lowest BCUT2D eigenvalue weighted by molar-refractivity contribution is -0.150. The molecule has 0 aliphatic heterocycles. The van der Waals surface area contributed by atoms with Gasteiger partial charge in [-0.05, 0) is 121 Å². The summed E-state index contributed by atoms with van der Waals surface area (Å²) in [5.74, 6) is 0.0252. The molecule has 1 aliphatic rings. The van der Waals surface area contributed by atoms with Crippen LogP contribution in [0.3, 0.4) is 0 Å². The summed E-state index contributed by atoms with van der Waals surface area (Å²) in [5, 5.41) is 9.35. The molecule has 1 fully saturated rings. The molecule has 0 bridgehead atoms. The van der Waals surface area contributed by atoms with Gasteiger partial charge in [-0.25, -0.2) is 0 Å². The monoisotopic (exact) mass is 764 g/mol. The standard InChI is InChI=1S/C48H93NO5/c1-4-7-10-13-16-22-29-44-53-46(51)34-25-20-17-21-26-40-49(41-27-28-43-50)42-31-37-48(38-39-48)36-30-35-47(52)54-45(32-23-18-14-11-8-5-2)33-24-19-15-12-9-6-3/h45,50H,4-44H2,1-3H3. The Bertz CT molecular complexity index is 814. The van der Waals surface area contributed by atoms with Gasteiger partial charge in [0.05, 0.1) is 6.61 Å². The van der Waals surface area contributed by atoms with Crippen molar-refractivity contribution in [2.45, 2.75) is 258 Å². The van der Waals surface area contributed by atoms with E-state index < -0.39 is 0 Å². The molecule has 0 unspecified atom stereocenters. The molecule has 0 aromatic rings. The van der Waals surface area contributed by atoms with Crippen LogP contribution in [-0.4, -0.2) is 60.9 Å². The zero-order chi connectivity index (χ0) is 39.2. The Kier molecular flexibility index (Phi) is 35.3. The second-order valence-corrected chi connectivity index (χ2v) is 17.3. The molecule has 0 amide bonds. The summed E-state index contributed by atoms with van der Waals surface area (Å²) in [5.41, 5.74) is 0.461. The second-order valence-electron chi connectivity index (χ2n) is 17.3. The number of aliphatic hydroxyl groups is 1. The molecular weight excluding hydrogens is 671 g/mol. The van der Waals surface area contributed by atoms with Gasteiger partial charge in [0.1, 0.15) is 6.10 Å². The minimum absolute atomic E-state index is 0.0179. The van der Waals surface area contributed by atoms with Crippen molar-refractivity contribution < 1.29 is 24.2 Å². The Balaban J connectivity index is 2.26. The molecule has 1 N–H and O–H groups in total. The third-order valence-electron chi connectivity index (χ3n) is 12.0. The largest absolute Gasteiger partial charge is 0.466 e. The molecule has 54 heavy (non-hydrogen) atoms. The van der Waals surface area contributed by atoms with Crippen molar-refractivity contribution in [3.05, 3.63) is 0 Å². The topological polar surface area (TPSA) is 76.1 Å². The Morgan fingerprint density at radius 2 is 0.963 bits per heavy atom. The molecule has 1 rings (SSSR count). The smallest absolute Gasteiger partial charge is 0.306 e. The summed E-state index contributed by atoms with van der Waals surface area (Å²) in [6.07, 6.45) is 42.3. The fraction of sp³-hybridized carbons (Fsp3) is 0.958. The first-order valence-electron chi connectivity index (χ1n) is 24.2. The van der Waals surface area contributed by atoms with Crippen LogP contribution in [0.5, 0.6) is 0 Å². The normalized spacial score (nSPS) is 13.6. The Labute approximate surface area is 336 Å². The van der Waals surface area contributed by atoms with E-state index in [2.05, 4.69) is 25.7 Å². The van der Waals surface area contributed by atoms with Crippen molar-refractivity contribution in [2.75, 3.05) is 32.8 Å². The number of esters is 2. The van der Waals surface area contributed by atoms with Crippen molar-refractivity contribution in [2.24, 2.45) is 5.41 Å². The maximum Gasteiger partial charge on any atom is 0.306 e. The zero-order valence-electron chi connectivity index (χ0n) is 36.6. The van der Waals surface area contributed by atoms with Gasteiger partial charge in [-0.15, -0.1) is 0 Å². The maximum atomic E-state index is 13.0. The predicted molar refractivity (Wildman–Crippen MR) is 230 cm³/mol. The van der Waals surface area contributed by atoms with E-state index in [1.807, 2.05) is 0 Å². The SMILES string of the molecule is CCCCCCCCCOC(=O)CCCCCCCN(CCCCO)CCCC1(CCCC(=O)OC(CCCCCCCC)CCCCCCCC)CC1. The lowest BCUT2D eigenvalue weighted by atomic mass is 9.93. The maximum absolute atomic E-state index is 13.0. The summed E-state index contributed by atoms with van der Waals surface area (Å²) in [4.78, 5) is 27.7. The number of ether oxygens (including phenoxy) is 2. The van der Waals surface area contributed by atoms with Crippen LogP contribution in [0.15, 0.2) is 0 Å². The van der Waals surface area contributed by atoms with E-state index in [0.717, 1.165) is 71.0 Å². The van der Waals surface area contributed by atoms with Gasteiger partial charge in [0.15, 0.2) is 0 Å². The van der Waals surface area contributed by atoms with E-state index in [0.29, 0.717) is 24.9 Å².